The average molecular weight is 1050 g/mol. The van der Waals surface area contributed by atoms with E-state index in [0.29, 0.717) is 49.8 Å². The second kappa shape index (κ2) is 23.2. The van der Waals surface area contributed by atoms with E-state index in [4.69, 9.17) is 18.9 Å². The third-order valence-electron chi connectivity index (χ3n) is 15.0. The second-order valence-electron chi connectivity index (χ2n) is 20.5. The molecule has 8 rings (SSSR count). The van der Waals surface area contributed by atoms with Crippen molar-refractivity contribution >= 4 is 32.1 Å². The Morgan fingerprint density at radius 2 is 1.47 bits per heavy atom. The molecule has 3 saturated heterocycles. The number of carbonyl (C=O) groups excluding carboxylic acids is 1. The molecular formula is C58H69N3O11S2. The molecule has 3 fully saturated rings. The maximum atomic E-state index is 14.5. The number of carboxylic acid groups (broad SMARTS) is 1. The lowest BCUT2D eigenvalue weighted by Gasteiger charge is -2.54. The molecule has 74 heavy (non-hydrogen) atoms. The number of likely N-dealkylation sites (tertiary alicyclic amines) is 1. The van der Waals surface area contributed by atoms with Gasteiger partial charge in [0.05, 0.1) is 22.4 Å². The van der Waals surface area contributed by atoms with Crippen molar-refractivity contribution < 1.29 is 50.5 Å². The van der Waals surface area contributed by atoms with E-state index >= 15 is 0 Å². The Morgan fingerprint density at radius 1 is 0.824 bits per heavy atom. The molecule has 1 spiro atoms. The quantitative estimate of drug-likeness (QED) is 0.0829. The van der Waals surface area contributed by atoms with E-state index in [0.717, 1.165) is 39.1 Å². The van der Waals surface area contributed by atoms with Crippen molar-refractivity contribution in [3.63, 3.8) is 0 Å². The van der Waals surface area contributed by atoms with E-state index < -0.39 is 61.6 Å². The number of carboxylic acids is 1. The normalized spacial score (nSPS) is 19.6. The van der Waals surface area contributed by atoms with Gasteiger partial charge in [0.25, 0.3) is 0 Å². The summed E-state index contributed by atoms with van der Waals surface area (Å²) in [5.74, 6) is 0.272. The maximum Gasteiger partial charge on any atom is 0.410 e. The van der Waals surface area contributed by atoms with Gasteiger partial charge in [-0.05, 0) is 123 Å². The first-order valence-electron chi connectivity index (χ1n) is 25.4. The minimum Gasteiger partial charge on any atom is -0.482 e. The highest BCUT2D eigenvalue weighted by atomic mass is 32.2. The average Bonchev–Trinajstić information content (AvgIpc) is 3.39. The van der Waals surface area contributed by atoms with Crippen LogP contribution in [0.15, 0.2) is 138 Å². The smallest absolute Gasteiger partial charge is 0.410 e. The van der Waals surface area contributed by atoms with Gasteiger partial charge < -0.3 is 29.0 Å². The van der Waals surface area contributed by atoms with E-state index in [-0.39, 0.29) is 61.8 Å². The first kappa shape index (κ1) is 54.2. The van der Waals surface area contributed by atoms with Crippen molar-refractivity contribution in [1.82, 2.24) is 13.5 Å². The zero-order chi connectivity index (χ0) is 52.8. The van der Waals surface area contributed by atoms with Gasteiger partial charge in [-0.1, -0.05) is 111 Å². The highest BCUT2D eigenvalue weighted by molar-refractivity contribution is 7.89. The highest BCUT2D eigenvalue weighted by Gasteiger charge is 2.52. The number of nitrogens with zero attached hydrogens (tertiary/aromatic N) is 3. The Hall–Kier alpha value is -6.04. The number of hydrogen-bond donors (Lipinski definition) is 1. The van der Waals surface area contributed by atoms with Crippen LogP contribution in [0.2, 0.25) is 0 Å². The molecule has 0 aliphatic carbocycles. The van der Waals surface area contributed by atoms with Crippen molar-refractivity contribution in [2.75, 3.05) is 39.8 Å². The Labute approximate surface area is 437 Å². The highest BCUT2D eigenvalue weighted by Crippen LogP contribution is 2.55. The summed E-state index contributed by atoms with van der Waals surface area (Å²) in [4.78, 5) is 26.4. The van der Waals surface area contributed by atoms with Crippen molar-refractivity contribution in [1.29, 1.82) is 0 Å². The van der Waals surface area contributed by atoms with Gasteiger partial charge in [0.1, 0.15) is 23.9 Å². The molecule has 3 aliphatic rings. The monoisotopic (exact) mass is 1050 g/mol. The van der Waals surface area contributed by atoms with E-state index in [1.807, 2.05) is 105 Å². The summed E-state index contributed by atoms with van der Waals surface area (Å²) in [6.45, 7) is 13.2. The van der Waals surface area contributed by atoms with Crippen LogP contribution in [0.3, 0.4) is 0 Å². The van der Waals surface area contributed by atoms with Crippen LogP contribution in [-0.2, 0) is 53.9 Å². The summed E-state index contributed by atoms with van der Waals surface area (Å²) in [6.07, 6.45) is 0.959. The van der Waals surface area contributed by atoms with Gasteiger partial charge in [-0.15, -0.1) is 0 Å². The predicted octanol–water partition coefficient (Wildman–Crippen LogP) is 10.7. The molecular weight excluding hydrogens is 979 g/mol. The van der Waals surface area contributed by atoms with Gasteiger partial charge in [-0.25, -0.2) is 30.7 Å². The Morgan fingerprint density at radius 3 is 2.09 bits per heavy atom. The molecule has 5 aromatic rings. The minimum atomic E-state index is -4.14. The number of aryl methyl sites for hydroxylation is 1. The number of hydrogen-bond acceptors (Lipinski definition) is 10. The molecule has 394 valence electrons. The fourth-order valence-corrected chi connectivity index (χ4v) is 13.8. The molecule has 16 heteroatoms. The molecule has 1 N–H and O–H groups in total. The summed E-state index contributed by atoms with van der Waals surface area (Å²) < 4.78 is 85.6. The van der Waals surface area contributed by atoms with Crippen molar-refractivity contribution in [3.05, 3.63) is 167 Å². The van der Waals surface area contributed by atoms with Crippen LogP contribution in [0.25, 0.3) is 0 Å². The topological polar surface area (TPSA) is 169 Å². The van der Waals surface area contributed by atoms with Crippen LogP contribution in [0.4, 0.5) is 4.79 Å². The molecule has 3 heterocycles. The van der Waals surface area contributed by atoms with Crippen molar-refractivity contribution in [2.24, 2.45) is 11.3 Å². The number of rotatable bonds is 18. The van der Waals surface area contributed by atoms with Crippen LogP contribution in [0.5, 0.6) is 17.2 Å². The number of benzene rings is 5. The van der Waals surface area contributed by atoms with Crippen LogP contribution in [-0.4, -0.2) is 98.7 Å². The lowest BCUT2D eigenvalue weighted by molar-refractivity contribution is -0.166. The maximum absolute atomic E-state index is 14.5. The van der Waals surface area contributed by atoms with Gasteiger partial charge >= 0.3 is 12.1 Å². The van der Waals surface area contributed by atoms with E-state index in [1.54, 1.807) is 9.21 Å². The molecule has 5 aromatic carbocycles. The summed E-state index contributed by atoms with van der Waals surface area (Å²) in [7, 11) is -6.34. The van der Waals surface area contributed by atoms with Crippen LogP contribution >= 0.6 is 0 Å². The van der Waals surface area contributed by atoms with Gasteiger partial charge in [0, 0.05) is 56.7 Å². The summed E-state index contributed by atoms with van der Waals surface area (Å²) in [5.41, 5.74) is 5.46. The molecule has 3 aliphatic heterocycles. The fraction of sp³-hybridized carbons (Fsp3) is 0.414. The third kappa shape index (κ3) is 12.5. The predicted molar refractivity (Wildman–Crippen MR) is 284 cm³/mol. The molecule has 0 saturated carbocycles. The molecule has 3 atom stereocenters. The molecule has 0 aromatic heterocycles. The lowest BCUT2D eigenvalue weighted by atomic mass is 9.63. The standard InChI is InChI=1S/C58H69N3O11S2/c1-40(2)49-23-17-42(5)33-53(49)71-46-20-18-44(19-21-46)37-59(6)73(65,66)48-22-24-52(69-39-55(62)63)50(35-48)56-51(41(3)4)36-58(54(72-56)34-43-13-9-7-10-14-43)27-31-61(32-28-58)74(67,68)47-25-29-60(30-26-47)57(64)70-38-45-15-11-8-12-16-45/h7-24,33,35,40,47,51,54,56H,3,25-32,34,36-39H2,1-2,4-6H3,(H,62,63)/t51-,54+,56-/m0/s1. The number of carbonyl (C=O) groups is 2. The molecule has 0 unspecified atom stereocenters. The van der Waals surface area contributed by atoms with Crippen LogP contribution < -0.4 is 9.47 Å². The van der Waals surface area contributed by atoms with Crippen LogP contribution in [0.1, 0.15) is 98.3 Å². The SMILES string of the molecule is C=C(C)[C@@H]1CC2(CCN(S(=O)(=O)C3CCN(C(=O)OCc4ccccc4)CC3)CC2)[C@@H](Cc2ccccc2)O[C@H]1c1cc(S(=O)(=O)N(C)Cc2ccc(Oc3cc(C)ccc3C(C)C)cc2)ccc1OCC(=O)O. The largest absolute Gasteiger partial charge is 0.482 e. The Bertz CT molecular complexity index is 2990. The molecule has 0 radical (unpaired) electrons. The van der Waals surface area contributed by atoms with E-state index in [9.17, 15) is 31.5 Å². The Balaban J connectivity index is 1.01. The third-order valence-corrected chi connectivity index (χ3v) is 19.2. The van der Waals surface area contributed by atoms with Crippen LogP contribution in [0, 0.1) is 18.3 Å². The number of ether oxygens (including phenoxy) is 4. The number of aliphatic carboxylic acids is 1. The van der Waals surface area contributed by atoms with Crippen molar-refractivity contribution in [3.8, 4) is 17.2 Å². The zero-order valence-corrected chi connectivity index (χ0v) is 44.7. The summed E-state index contributed by atoms with van der Waals surface area (Å²) >= 11 is 0. The molecule has 0 bridgehead atoms. The fourth-order valence-electron chi connectivity index (χ4n) is 10.7. The number of amides is 1. The first-order chi connectivity index (χ1) is 35.3. The number of sulfonamides is 2. The lowest BCUT2D eigenvalue weighted by Crippen LogP contribution is -2.55. The summed E-state index contributed by atoms with van der Waals surface area (Å²) in [5, 5.41) is 9.08. The zero-order valence-electron chi connectivity index (χ0n) is 43.0. The summed E-state index contributed by atoms with van der Waals surface area (Å²) in [6, 6.07) is 37.3. The Kier molecular flexibility index (Phi) is 17.0. The molecule has 14 nitrogen and oxygen atoms in total. The van der Waals surface area contributed by atoms with Gasteiger partial charge in [-0.3, -0.25) is 0 Å². The van der Waals surface area contributed by atoms with E-state index in [1.165, 1.54) is 29.6 Å². The second-order valence-corrected chi connectivity index (χ2v) is 24.8. The first-order valence-corrected chi connectivity index (χ1v) is 28.4. The van der Waals surface area contributed by atoms with Gasteiger partial charge in [0.15, 0.2) is 6.61 Å². The minimum absolute atomic E-state index is 0.0179. The van der Waals surface area contributed by atoms with Gasteiger partial charge in [0.2, 0.25) is 20.0 Å². The number of piperidine rings is 2. The molecule has 1 amide bonds. The van der Waals surface area contributed by atoms with Crippen molar-refractivity contribution in [2.45, 2.75) is 108 Å². The van der Waals surface area contributed by atoms with E-state index in [2.05, 4.69) is 32.6 Å². The van der Waals surface area contributed by atoms with Gasteiger partial charge in [-0.2, -0.15) is 4.31 Å².